The number of hydrogen-bond acceptors (Lipinski definition) is 4. The van der Waals surface area contributed by atoms with Crippen molar-refractivity contribution in [1.29, 1.82) is 0 Å². The van der Waals surface area contributed by atoms with Crippen LogP contribution < -0.4 is 5.32 Å². The SMILES string of the molecule is Cc1cc(CNCc2ccn[nH]2)on1. The van der Waals surface area contributed by atoms with Crippen molar-refractivity contribution < 1.29 is 4.52 Å². The molecule has 0 aliphatic carbocycles. The Morgan fingerprint density at radius 3 is 3.07 bits per heavy atom. The second-order valence-electron chi connectivity index (χ2n) is 3.12. The molecule has 0 spiro atoms. The standard InChI is InChI=1S/C9H12N4O/c1-7-4-9(14-13-7)6-10-5-8-2-3-11-12-8/h2-4,10H,5-6H2,1H3,(H,11,12). The number of aryl methyl sites for hydroxylation is 1. The molecule has 2 rings (SSSR count). The van der Waals surface area contributed by atoms with E-state index in [2.05, 4.69) is 20.7 Å². The molecular formula is C9H12N4O. The molecule has 0 aliphatic heterocycles. The molecular weight excluding hydrogens is 180 g/mol. The van der Waals surface area contributed by atoms with E-state index >= 15 is 0 Å². The number of nitrogens with one attached hydrogen (secondary N) is 2. The molecule has 0 saturated heterocycles. The van der Waals surface area contributed by atoms with Crippen molar-refractivity contribution in [3.63, 3.8) is 0 Å². The van der Waals surface area contributed by atoms with Gasteiger partial charge in [0.25, 0.3) is 0 Å². The van der Waals surface area contributed by atoms with Crippen LogP contribution in [0.1, 0.15) is 17.1 Å². The zero-order valence-electron chi connectivity index (χ0n) is 7.95. The molecule has 2 heterocycles. The molecule has 0 bridgehead atoms. The molecule has 0 fully saturated rings. The van der Waals surface area contributed by atoms with Gasteiger partial charge in [0, 0.05) is 24.5 Å². The third-order valence-electron chi connectivity index (χ3n) is 1.85. The van der Waals surface area contributed by atoms with Gasteiger partial charge in [-0.1, -0.05) is 5.16 Å². The summed E-state index contributed by atoms with van der Waals surface area (Å²) in [6, 6.07) is 3.85. The molecule has 0 unspecified atom stereocenters. The Balaban J connectivity index is 1.78. The molecule has 74 valence electrons. The van der Waals surface area contributed by atoms with E-state index in [4.69, 9.17) is 4.52 Å². The topological polar surface area (TPSA) is 66.7 Å². The van der Waals surface area contributed by atoms with E-state index in [-0.39, 0.29) is 0 Å². The van der Waals surface area contributed by atoms with Crippen molar-refractivity contribution in [2.45, 2.75) is 20.0 Å². The van der Waals surface area contributed by atoms with Crippen LogP contribution in [0.15, 0.2) is 22.9 Å². The van der Waals surface area contributed by atoms with Crippen molar-refractivity contribution in [2.24, 2.45) is 0 Å². The molecule has 14 heavy (non-hydrogen) atoms. The van der Waals surface area contributed by atoms with E-state index in [0.717, 1.165) is 23.7 Å². The van der Waals surface area contributed by atoms with Gasteiger partial charge >= 0.3 is 0 Å². The predicted molar refractivity (Wildman–Crippen MR) is 50.4 cm³/mol. The quantitative estimate of drug-likeness (QED) is 0.758. The third kappa shape index (κ3) is 2.20. The van der Waals surface area contributed by atoms with E-state index < -0.39 is 0 Å². The summed E-state index contributed by atoms with van der Waals surface area (Å²) in [5, 5.41) is 13.7. The smallest absolute Gasteiger partial charge is 0.150 e. The first-order valence-electron chi connectivity index (χ1n) is 4.46. The van der Waals surface area contributed by atoms with Gasteiger partial charge in [0.2, 0.25) is 0 Å². The van der Waals surface area contributed by atoms with Crippen molar-refractivity contribution in [3.05, 3.63) is 35.5 Å². The van der Waals surface area contributed by atoms with Gasteiger partial charge < -0.3 is 9.84 Å². The molecule has 2 aromatic rings. The van der Waals surface area contributed by atoms with Gasteiger partial charge in [-0.05, 0) is 13.0 Å². The average Bonchev–Trinajstić information content (AvgIpc) is 2.77. The lowest BCUT2D eigenvalue weighted by Crippen LogP contribution is -2.12. The second-order valence-corrected chi connectivity index (χ2v) is 3.12. The number of aromatic nitrogens is 3. The number of nitrogens with zero attached hydrogens (tertiary/aromatic N) is 2. The summed E-state index contributed by atoms with van der Waals surface area (Å²) in [5.74, 6) is 0.849. The van der Waals surface area contributed by atoms with Crippen molar-refractivity contribution in [2.75, 3.05) is 0 Å². The first kappa shape index (κ1) is 8.96. The Hall–Kier alpha value is -1.62. The molecule has 0 aliphatic rings. The average molecular weight is 192 g/mol. The van der Waals surface area contributed by atoms with Crippen LogP contribution in [0.2, 0.25) is 0 Å². The molecule has 0 saturated carbocycles. The minimum Gasteiger partial charge on any atom is -0.360 e. The zero-order valence-corrected chi connectivity index (χ0v) is 7.95. The fraction of sp³-hybridized carbons (Fsp3) is 0.333. The maximum absolute atomic E-state index is 5.05. The minimum atomic E-state index is 0.680. The maximum atomic E-state index is 5.05. The molecule has 5 nitrogen and oxygen atoms in total. The largest absolute Gasteiger partial charge is 0.360 e. The van der Waals surface area contributed by atoms with Gasteiger partial charge in [0.05, 0.1) is 12.2 Å². The van der Waals surface area contributed by atoms with Gasteiger partial charge in [-0.3, -0.25) is 5.10 Å². The van der Waals surface area contributed by atoms with Gasteiger partial charge in [0.15, 0.2) is 5.76 Å². The van der Waals surface area contributed by atoms with Crippen molar-refractivity contribution in [1.82, 2.24) is 20.7 Å². The number of rotatable bonds is 4. The van der Waals surface area contributed by atoms with E-state index in [0.29, 0.717) is 6.54 Å². The van der Waals surface area contributed by atoms with Crippen LogP contribution in [-0.4, -0.2) is 15.4 Å². The fourth-order valence-electron chi connectivity index (χ4n) is 1.20. The Bertz CT molecular complexity index is 379. The fourth-order valence-corrected chi connectivity index (χ4v) is 1.20. The van der Waals surface area contributed by atoms with Gasteiger partial charge in [-0.15, -0.1) is 0 Å². The highest BCUT2D eigenvalue weighted by molar-refractivity contribution is 5.03. The normalized spacial score (nSPS) is 10.6. The van der Waals surface area contributed by atoms with Gasteiger partial charge in [-0.25, -0.2) is 0 Å². The van der Waals surface area contributed by atoms with Crippen LogP contribution in [0.25, 0.3) is 0 Å². The van der Waals surface area contributed by atoms with Crippen LogP contribution >= 0.6 is 0 Å². The first-order chi connectivity index (χ1) is 6.84. The summed E-state index contributed by atoms with van der Waals surface area (Å²) >= 11 is 0. The summed E-state index contributed by atoms with van der Waals surface area (Å²) in [4.78, 5) is 0. The predicted octanol–water partition coefficient (Wildman–Crippen LogP) is 0.996. The minimum absolute atomic E-state index is 0.680. The Morgan fingerprint density at radius 1 is 1.50 bits per heavy atom. The molecule has 0 atom stereocenters. The summed E-state index contributed by atoms with van der Waals surface area (Å²) in [6.07, 6.45) is 1.73. The molecule has 5 heteroatoms. The van der Waals surface area contributed by atoms with E-state index in [1.54, 1.807) is 6.20 Å². The maximum Gasteiger partial charge on any atom is 0.150 e. The summed E-state index contributed by atoms with van der Waals surface area (Å²) in [7, 11) is 0. The summed E-state index contributed by atoms with van der Waals surface area (Å²) in [6.45, 7) is 3.33. The first-order valence-corrected chi connectivity index (χ1v) is 4.46. The molecule has 2 N–H and O–H groups in total. The third-order valence-corrected chi connectivity index (χ3v) is 1.85. The Kier molecular flexibility index (Phi) is 2.60. The molecule has 2 aromatic heterocycles. The lowest BCUT2D eigenvalue weighted by atomic mass is 10.3. The molecule has 0 amide bonds. The highest BCUT2D eigenvalue weighted by Crippen LogP contribution is 2.01. The van der Waals surface area contributed by atoms with Crippen LogP contribution in [0.3, 0.4) is 0 Å². The van der Waals surface area contributed by atoms with Crippen LogP contribution in [0.5, 0.6) is 0 Å². The Labute approximate surface area is 81.5 Å². The lowest BCUT2D eigenvalue weighted by Gasteiger charge is -1.98. The van der Waals surface area contributed by atoms with Gasteiger partial charge in [0.1, 0.15) is 0 Å². The number of hydrogen-bond donors (Lipinski definition) is 2. The van der Waals surface area contributed by atoms with Crippen LogP contribution in [-0.2, 0) is 13.1 Å². The number of H-pyrrole nitrogens is 1. The van der Waals surface area contributed by atoms with E-state index in [1.165, 1.54) is 0 Å². The van der Waals surface area contributed by atoms with E-state index in [1.807, 2.05) is 19.1 Å². The lowest BCUT2D eigenvalue weighted by molar-refractivity contribution is 0.369. The summed E-state index contributed by atoms with van der Waals surface area (Å²) in [5.41, 5.74) is 1.96. The summed E-state index contributed by atoms with van der Waals surface area (Å²) < 4.78 is 5.05. The van der Waals surface area contributed by atoms with Crippen LogP contribution in [0, 0.1) is 6.92 Å². The van der Waals surface area contributed by atoms with E-state index in [9.17, 15) is 0 Å². The van der Waals surface area contributed by atoms with Gasteiger partial charge in [-0.2, -0.15) is 5.10 Å². The Morgan fingerprint density at radius 2 is 2.43 bits per heavy atom. The highest BCUT2D eigenvalue weighted by Gasteiger charge is 1.99. The van der Waals surface area contributed by atoms with Crippen molar-refractivity contribution >= 4 is 0 Å². The second kappa shape index (κ2) is 4.06. The number of aromatic amines is 1. The highest BCUT2D eigenvalue weighted by atomic mass is 16.5. The zero-order chi connectivity index (χ0) is 9.80. The molecule has 0 aromatic carbocycles. The monoisotopic (exact) mass is 192 g/mol. The molecule has 0 radical (unpaired) electrons. The van der Waals surface area contributed by atoms with Crippen molar-refractivity contribution in [3.8, 4) is 0 Å². The van der Waals surface area contributed by atoms with Crippen LogP contribution in [0.4, 0.5) is 0 Å².